The van der Waals surface area contributed by atoms with Crippen molar-refractivity contribution in [3.63, 3.8) is 0 Å². The van der Waals surface area contributed by atoms with Gasteiger partial charge in [0.15, 0.2) is 5.82 Å². The molecule has 0 saturated heterocycles. The molecule has 0 spiro atoms. The number of hydrogen-bond acceptors (Lipinski definition) is 4. The lowest BCUT2D eigenvalue weighted by molar-refractivity contribution is -0.116. The lowest BCUT2D eigenvalue weighted by Gasteiger charge is -2.09. The Morgan fingerprint density at radius 3 is 2.74 bits per heavy atom. The Morgan fingerprint density at radius 2 is 2.09 bits per heavy atom. The summed E-state index contributed by atoms with van der Waals surface area (Å²) in [5.74, 6) is 2.01. The van der Waals surface area contributed by atoms with Crippen LogP contribution >= 0.6 is 0 Å². The molecule has 2 aromatic rings. The number of allylic oxidation sites excluding steroid dienone is 1. The molecule has 0 unspecified atom stereocenters. The number of carbonyl (C=O) groups excluding carboxylic acids is 1. The fourth-order valence-corrected chi connectivity index (χ4v) is 2.88. The van der Waals surface area contributed by atoms with Gasteiger partial charge in [0.1, 0.15) is 12.7 Å². The highest BCUT2D eigenvalue weighted by Gasteiger charge is 2.36. The van der Waals surface area contributed by atoms with Crippen LogP contribution in [-0.2, 0) is 11.3 Å². The first-order valence-electron chi connectivity index (χ1n) is 8.09. The number of carbonyl (C=O) groups is 1. The van der Waals surface area contributed by atoms with E-state index in [0.717, 1.165) is 5.56 Å². The molecule has 2 heterocycles. The summed E-state index contributed by atoms with van der Waals surface area (Å²) >= 11 is 0. The predicted octanol–water partition coefficient (Wildman–Crippen LogP) is 2.02. The number of nitrogens with zero attached hydrogens (tertiary/aromatic N) is 4. The molecule has 0 bridgehead atoms. The van der Waals surface area contributed by atoms with Crippen LogP contribution in [0.25, 0.3) is 5.82 Å². The topological polar surface area (TPSA) is 72.7 Å². The molecule has 2 aliphatic rings. The van der Waals surface area contributed by atoms with E-state index in [4.69, 9.17) is 0 Å². The van der Waals surface area contributed by atoms with E-state index in [1.165, 1.54) is 37.6 Å². The van der Waals surface area contributed by atoms with E-state index in [-0.39, 0.29) is 5.91 Å². The fourth-order valence-electron chi connectivity index (χ4n) is 2.88. The van der Waals surface area contributed by atoms with Gasteiger partial charge < -0.3 is 5.32 Å². The van der Waals surface area contributed by atoms with E-state index in [1.807, 2.05) is 18.2 Å². The molecule has 0 aromatic carbocycles. The second kappa shape index (κ2) is 5.95. The van der Waals surface area contributed by atoms with Gasteiger partial charge in [-0.05, 0) is 43.6 Å². The fraction of sp³-hybridized carbons (Fsp3) is 0.412. The zero-order chi connectivity index (χ0) is 15.6. The average Bonchev–Trinajstić information content (AvgIpc) is 3.50. The summed E-state index contributed by atoms with van der Waals surface area (Å²) in [6, 6.07) is 3.80. The minimum Gasteiger partial charge on any atom is -0.348 e. The van der Waals surface area contributed by atoms with Crippen molar-refractivity contribution in [1.82, 2.24) is 25.1 Å². The highest BCUT2D eigenvalue weighted by molar-refractivity contribution is 5.88. The zero-order valence-electron chi connectivity index (χ0n) is 12.9. The summed E-state index contributed by atoms with van der Waals surface area (Å²) in [6.07, 6.45) is 11.6. The lowest BCUT2D eigenvalue weighted by atomic mass is 10.1. The molecule has 0 aliphatic heterocycles. The maximum absolute atomic E-state index is 12.2. The molecule has 6 heteroatoms. The molecule has 6 nitrogen and oxygen atoms in total. The summed E-state index contributed by atoms with van der Waals surface area (Å²) in [5.41, 5.74) is 2.28. The maximum atomic E-state index is 12.2. The molecule has 23 heavy (non-hydrogen) atoms. The van der Waals surface area contributed by atoms with Crippen molar-refractivity contribution < 1.29 is 4.79 Å². The minimum atomic E-state index is -0.00723. The van der Waals surface area contributed by atoms with Gasteiger partial charge in [-0.3, -0.25) is 4.79 Å². The zero-order valence-corrected chi connectivity index (χ0v) is 12.9. The van der Waals surface area contributed by atoms with Crippen LogP contribution in [-0.4, -0.2) is 25.7 Å². The molecule has 118 valence electrons. The van der Waals surface area contributed by atoms with Crippen molar-refractivity contribution in [2.75, 3.05) is 0 Å². The molecular weight excluding hydrogens is 290 g/mol. The van der Waals surface area contributed by atoms with Crippen molar-refractivity contribution in [2.24, 2.45) is 11.8 Å². The maximum Gasteiger partial charge on any atom is 0.244 e. The van der Waals surface area contributed by atoms with Gasteiger partial charge in [0.05, 0.1) is 0 Å². The average molecular weight is 309 g/mol. The summed E-state index contributed by atoms with van der Waals surface area (Å²) in [7, 11) is 0. The number of hydrogen-bond donors (Lipinski definition) is 1. The van der Waals surface area contributed by atoms with Crippen molar-refractivity contribution in [2.45, 2.75) is 32.2 Å². The summed E-state index contributed by atoms with van der Waals surface area (Å²) in [6.45, 7) is 0.432. The van der Waals surface area contributed by atoms with Gasteiger partial charge in [-0.25, -0.2) is 14.6 Å². The van der Waals surface area contributed by atoms with Gasteiger partial charge in [-0.1, -0.05) is 11.6 Å². The van der Waals surface area contributed by atoms with Crippen LogP contribution in [0.15, 0.2) is 42.6 Å². The van der Waals surface area contributed by atoms with Gasteiger partial charge in [-0.2, -0.15) is 5.10 Å². The van der Waals surface area contributed by atoms with Crippen LogP contribution in [0.3, 0.4) is 0 Å². The molecule has 2 fully saturated rings. The third kappa shape index (κ3) is 3.31. The molecule has 2 saturated carbocycles. The van der Waals surface area contributed by atoms with Crippen LogP contribution in [0.1, 0.15) is 31.2 Å². The van der Waals surface area contributed by atoms with Gasteiger partial charge in [0.2, 0.25) is 5.91 Å². The number of amides is 1. The van der Waals surface area contributed by atoms with Crippen LogP contribution < -0.4 is 5.32 Å². The van der Waals surface area contributed by atoms with Crippen molar-refractivity contribution in [3.05, 3.63) is 48.2 Å². The lowest BCUT2D eigenvalue weighted by Crippen LogP contribution is -2.22. The van der Waals surface area contributed by atoms with Gasteiger partial charge in [-0.15, -0.1) is 0 Å². The van der Waals surface area contributed by atoms with Crippen molar-refractivity contribution in [3.8, 4) is 5.82 Å². The Kier molecular flexibility index (Phi) is 3.65. The third-order valence-electron chi connectivity index (χ3n) is 4.35. The monoisotopic (exact) mass is 309 g/mol. The summed E-state index contributed by atoms with van der Waals surface area (Å²) in [5, 5.41) is 7.08. The van der Waals surface area contributed by atoms with E-state index in [0.29, 0.717) is 24.2 Å². The van der Waals surface area contributed by atoms with E-state index in [1.54, 1.807) is 17.2 Å². The first-order chi connectivity index (χ1) is 11.3. The Morgan fingerprint density at radius 1 is 1.30 bits per heavy atom. The number of rotatable bonds is 6. The highest BCUT2D eigenvalue weighted by Crippen LogP contribution is 2.48. The summed E-state index contributed by atoms with van der Waals surface area (Å²) < 4.78 is 1.61. The minimum absolute atomic E-state index is 0.00723. The van der Waals surface area contributed by atoms with Crippen molar-refractivity contribution >= 4 is 5.91 Å². The van der Waals surface area contributed by atoms with E-state index in [2.05, 4.69) is 20.4 Å². The molecule has 1 N–H and O–H groups in total. The number of aromatic nitrogens is 4. The highest BCUT2D eigenvalue weighted by atomic mass is 16.1. The Labute approximate surface area is 134 Å². The van der Waals surface area contributed by atoms with Crippen LogP contribution in [0.2, 0.25) is 0 Å². The molecule has 1 amide bonds. The first-order valence-corrected chi connectivity index (χ1v) is 8.09. The second-order valence-corrected chi connectivity index (χ2v) is 6.24. The molecule has 2 aromatic heterocycles. The number of pyridine rings is 1. The Hall–Kier alpha value is -2.50. The van der Waals surface area contributed by atoms with Gasteiger partial charge in [0.25, 0.3) is 0 Å². The van der Waals surface area contributed by atoms with E-state index >= 15 is 0 Å². The van der Waals surface area contributed by atoms with Crippen LogP contribution in [0.4, 0.5) is 0 Å². The normalized spacial score (nSPS) is 16.9. The van der Waals surface area contributed by atoms with Gasteiger partial charge >= 0.3 is 0 Å². The number of nitrogens with one attached hydrogen (secondary N) is 1. The largest absolute Gasteiger partial charge is 0.348 e. The molecule has 0 radical (unpaired) electrons. The Balaban J connectivity index is 1.45. The smallest absolute Gasteiger partial charge is 0.244 e. The second-order valence-electron chi connectivity index (χ2n) is 6.24. The molecular formula is C17H19N5O. The van der Waals surface area contributed by atoms with Crippen LogP contribution in [0, 0.1) is 11.8 Å². The Bertz CT molecular complexity index is 715. The molecule has 0 atom stereocenters. The van der Waals surface area contributed by atoms with Gasteiger partial charge in [0, 0.05) is 24.4 Å². The SMILES string of the molecule is O=C(C=C(C1CC1)C1CC1)NCc1cccnc1-n1cncn1. The van der Waals surface area contributed by atoms with E-state index < -0.39 is 0 Å². The van der Waals surface area contributed by atoms with E-state index in [9.17, 15) is 4.79 Å². The first kappa shape index (κ1) is 14.1. The standard InChI is InChI=1S/C17H19N5O/c23-16(8-15(12-3-4-12)13-5-6-13)20-9-14-2-1-7-19-17(14)22-11-18-10-21-22/h1-2,7-8,10-13H,3-6,9H2,(H,20,23). The third-order valence-corrected chi connectivity index (χ3v) is 4.35. The molecule has 4 rings (SSSR count). The predicted molar refractivity (Wildman–Crippen MR) is 84.5 cm³/mol. The van der Waals surface area contributed by atoms with Crippen LogP contribution in [0.5, 0.6) is 0 Å². The molecule has 2 aliphatic carbocycles. The van der Waals surface area contributed by atoms with Crippen molar-refractivity contribution in [1.29, 1.82) is 0 Å². The quantitative estimate of drug-likeness (QED) is 0.829. The summed E-state index contributed by atoms with van der Waals surface area (Å²) in [4.78, 5) is 20.5.